The molecule has 9 heteroatoms. The van der Waals surface area contributed by atoms with Gasteiger partial charge >= 0.3 is 6.03 Å². The first-order valence-electron chi connectivity index (χ1n) is 10.1. The summed E-state index contributed by atoms with van der Waals surface area (Å²) < 4.78 is 11.0. The standard InChI is InChI=1S/C20H28N4O5/c1-2-24(13-19(26)23-20(27)22-14-5-3-4-6-14)12-18(25)21-15-7-8-16-17(11-15)29-10-9-28-16/h7-8,11,14H,2-6,9-10,12-13H2,1H3,(H,21,25)(H2,22,23,26,27). The Labute approximate surface area is 170 Å². The van der Waals surface area contributed by atoms with Crippen LogP contribution < -0.4 is 25.4 Å². The van der Waals surface area contributed by atoms with Crippen LogP contribution in [0.15, 0.2) is 18.2 Å². The fourth-order valence-electron chi connectivity index (χ4n) is 3.47. The third-order valence-electron chi connectivity index (χ3n) is 4.95. The molecule has 2 aliphatic rings. The average molecular weight is 404 g/mol. The normalized spacial score (nSPS) is 15.8. The van der Waals surface area contributed by atoms with Crippen LogP contribution in [-0.4, -0.2) is 61.6 Å². The summed E-state index contributed by atoms with van der Waals surface area (Å²) in [6.07, 6.45) is 4.09. The predicted molar refractivity (Wildman–Crippen MR) is 107 cm³/mol. The molecule has 0 saturated heterocycles. The van der Waals surface area contributed by atoms with Gasteiger partial charge in [-0.3, -0.25) is 19.8 Å². The molecule has 3 N–H and O–H groups in total. The van der Waals surface area contributed by atoms with E-state index in [0.29, 0.717) is 36.9 Å². The highest BCUT2D eigenvalue weighted by Gasteiger charge is 2.20. The van der Waals surface area contributed by atoms with Gasteiger partial charge in [0.05, 0.1) is 13.1 Å². The SMILES string of the molecule is CCN(CC(=O)NC(=O)NC1CCCC1)CC(=O)Nc1ccc2c(c1)OCCO2. The number of benzene rings is 1. The van der Waals surface area contributed by atoms with Gasteiger partial charge in [-0.1, -0.05) is 19.8 Å². The van der Waals surface area contributed by atoms with Crippen LogP contribution in [0.5, 0.6) is 11.5 Å². The van der Waals surface area contributed by atoms with Crippen molar-refractivity contribution in [2.45, 2.75) is 38.6 Å². The summed E-state index contributed by atoms with van der Waals surface area (Å²) in [7, 11) is 0. The molecule has 158 valence electrons. The summed E-state index contributed by atoms with van der Waals surface area (Å²) in [5.74, 6) is 0.548. The molecule has 0 aromatic heterocycles. The summed E-state index contributed by atoms with van der Waals surface area (Å²) in [5, 5.41) is 7.94. The van der Waals surface area contributed by atoms with Gasteiger partial charge in [0.15, 0.2) is 11.5 Å². The number of ether oxygens (including phenoxy) is 2. The van der Waals surface area contributed by atoms with E-state index in [1.165, 1.54) is 0 Å². The number of imide groups is 1. The number of likely N-dealkylation sites (N-methyl/N-ethyl adjacent to an activating group) is 1. The molecule has 1 aliphatic carbocycles. The first-order valence-corrected chi connectivity index (χ1v) is 10.1. The zero-order chi connectivity index (χ0) is 20.6. The lowest BCUT2D eigenvalue weighted by molar-refractivity contribution is -0.122. The lowest BCUT2D eigenvalue weighted by Gasteiger charge is -2.21. The van der Waals surface area contributed by atoms with Crippen LogP contribution in [0.3, 0.4) is 0 Å². The number of anilines is 1. The Morgan fingerprint density at radius 3 is 2.45 bits per heavy atom. The smallest absolute Gasteiger partial charge is 0.321 e. The van der Waals surface area contributed by atoms with E-state index in [0.717, 1.165) is 25.7 Å². The van der Waals surface area contributed by atoms with Crippen molar-refractivity contribution in [2.75, 3.05) is 38.2 Å². The number of hydrogen-bond donors (Lipinski definition) is 3. The number of carbonyl (C=O) groups excluding carboxylic acids is 3. The summed E-state index contributed by atoms with van der Waals surface area (Å²) >= 11 is 0. The molecule has 29 heavy (non-hydrogen) atoms. The van der Waals surface area contributed by atoms with Gasteiger partial charge in [-0.2, -0.15) is 0 Å². The molecule has 0 atom stereocenters. The van der Waals surface area contributed by atoms with Gasteiger partial charge in [0.2, 0.25) is 11.8 Å². The van der Waals surface area contributed by atoms with E-state index >= 15 is 0 Å². The van der Waals surface area contributed by atoms with Crippen molar-refractivity contribution in [3.63, 3.8) is 0 Å². The average Bonchev–Trinajstić information content (AvgIpc) is 3.20. The zero-order valence-electron chi connectivity index (χ0n) is 16.7. The summed E-state index contributed by atoms with van der Waals surface area (Å²) in [4.78, 5) is 38.0. The van der Waals surface area contributed by atoms with Gasteiger partial charge in [0.25, 0.3) is 0 Å². The summed E-state index contributed by atoms with van der Waals surface area (Å²) in [6.45, 7) is 3.31. The van der Waals surface area contributed by atoms with E-state index in [1.807, 2.05) is 6.92 Å². The molecule has 1 fully saturated rings. The number of urea groups is 1. The van der Waals surface area contributed by atoms with Gasteiger partial charge in [-0.05, 0) is 31.5 Å². The topological polar surface area (TPSA) is 109 Å². The maximum absolute atomic E-state index is 12.3. The molecule has 1 aliphatic heterocycles. The minimum Gasteiger partial charge on any atom is -0.486 e. The number of hydrogen-bond acceptors (Lipinski definition) is 6. The minimum absolute atomic E-state index is 0.0304. The largest absolute Gasteiger partial charge is 0.486 e. The molecule has 4 amide bonds. The van der Waals surface area contributed by atoms with Crippen molar-refractivity contribution in [3.8, 4) is 11.5 Å². The van der Waals surface area contributed by atoms with Crippen molar-refractivity contribution in [3.05, 3.63) is 18.2 Å². The van der Waals surface area contributed by atoms with Gasteiger partial charge < -0.3 is 20.1 Å². The van der Waals surface area contributed by atoms with Crippen LogP contribution in [0, 0.1) is 0 Å². The fourth-order valence-corrected chi connectivity index (χ4v) is 3.47. The molecule has 1 aromatic rings. The van der Waals surface area contributed by atoms with Crippen LogP contribution >= 0.6 is 0 Å². The van der Waals surface area contributed by atoms with Crippen molar-refractivity contribution >= 4 is 23.5 Å². The fraction of sp³-hybridized carbons (Fsp3) is 0.550. The Morgan fingerprint density at radius 2 is 1.72 bits per heavy atom. The Hall–Kier alpha value is -2.81. The molecule has 0 unspecified atom stereocenters. The second-order valence-electron chi connectivity index (χ2n) is 7.21. The van der Waals surface area contributed by atoms with E-state index in [-0.39, 0.29) is 25.0 Å². The molecule has 0 bridgehead atoms. The van der Waals surface area contributed by atoms with Crippen LogP contribution in [0.4, 0.5) is 10.5 Å². The predicted octanol–water partition coefficient (Wildman–Crippen LogP) is 1.49. The molecule has 1 saturated carbocycles. The maximum Gasteiger partial charge on any atom is 0.321 e. The highest BCUT2D eigenvalue weighted by Crippen LogP contribution is 2.32. The monoisotopic (exact) mass is 404 g/mol. The molecule has 1 heterocycles. The number of nitrogens with one attached hydrogen (secondary N) is 3. The van der Waals surface area contributed by atoms with Gasteiger partial charge in [-0.25, -0.2) is 4.79 Å². The number of nitrogens with zero attached hydrogens (tertiary/aromatic N) is 1. The van der Waals surface area contributed by atoms with Crippen molar-refractivity contribution < 1.29 is 23.9 Å². The Morgan fingerprint density at radius 1 is 1.03 bits per heavy atom. The third kappa shape index (κ3) is 6.35. The highest BCUT2D eigenvalue weighted by molar-refractivity contribution is 5.96. The van der Waals surface area contributed by atoms with Crippen LogP contribution in [-0.2, 0) is 9.59 Å². The maximum atomic E-state index is 12.3. The third-order valence-corrected chi connectivity index (χ3v) is 4.95. The molecule has 1 aromatic carbocycles. The van der Waals surface area contributed by atoms with Crippen molar-refractivity contribution in [1.29, 1.82) is 0 Å². The molecule has 0 spiro atoms. The van der Waals surface area contributed by atoms with Gasteiger partial charge in [0.1, 0.15) is 13.2 Å². The van der Waals surface area contributed by atoms with Crippen molar-refractivity contribution in [2.24, 2.45) is 0 Å². The van der Waals surface area contributed by atoms with Crippen LogP contribution in [0.1, 0.15) is 32.6 Å². The molecule has 0 radical (unpaired) electrons. The second kappa shape index (κ2) is 10.1. The van der Waals surface area contributed by atoms with E-state index in [1.54, 1.807) is 23.1 Å². The first-order chi connectivity index (χ1) is 14.0. The van der Waals surface area contributed by atoms with Crippen molar-refractivity contribution in [1.82, 2.24) is 15.5 Å². The molecule has 9 nitrogen and oxygen atoms in total. The van der Waals surface area contributed by atoms with Gasteiger partial charge in [-0.15, -0.1) is 0 Å². The second-order valence-corrected chi connectivity index (χ2v) is 7.21. The van der Waals surface area contributed by atoms with E-state index in [9.17, 15) is 14.4 Å². The highest BCUT2D eigenvalue weighted by atomic mass is 16.6. The summed E-state index contributed by atoms with van der Waals surface area (Å²) in [5.41, 5.74) is 0.593. The molecule has 3 rings (SSSR count). The molecular weight excluding hydrogens is 376 g/mol. The molecular formula is C20H28N4O5. The number of amides is 4. The lowest BCUT2D eigenvalue weighted by atomic mass is 10.2. The number of fused-ring (bicyclic) bond motifs is 1. The summed E-state index contributed by atoms with van der Waals surface area (Å²) in [6, 6.07) is 4.86. The first kappa shape index (κ1) is 20.9. The number of rotatable bonds is 7. The number of carbonyl (C=O) groups is 3. The van der Waals surface area contributed by atoms with E-state index in [2.05, 4.69) is 16.0 Å². The Bertz CT molecular complexity index is 748. The van der Waals surface area contributed by atoms with Gasteiger partial charge in [0, 0.05) is 17.8 Å². The zero-order valence-corrected chi connectivity index (χ0v) is 16.7. The lowest BCUT2D eigenvalue weighted by Crippen LogP contribution is -2.48. The quantitative estimate of drug-likeness (QED) is 0.635. The minimum atomic E-state index is -0.473. The van der Waals surface area contributed by atoms with Crippen LogP contribution in [0.25, 0.3) is 0 Å². The Balaban J connectivity index is 1.44. The van der Waals surface area contributed by atoms with E-state index < -0.39 is 11.9 Å². The van der Waals surface area contributed by atoms with Crippen LogP contribution in [0.2, 0.25) is 0 Å². The van der Waals surface area contributed by atoms with E-state index in [4.69, 9.17) is 9.47 Å². The Kier molecular flexibility index (Phi) is 7.29.